The standard InChI is InChI=1S/C22H18N2O3S/c25-21-18-19(17-12-7-13-28-17)24(16-10-5-2-6-11-16)27-20(18)22(26)23(21)14-15-8-3-1-4-9-15/h1-13,18-20H,14H2/t18-,19+,20+/m1/s1. The van der Waals surface area contributed by atoms with Gasteiger partial charge in [-0.2, -0.15) is 0 Å². The Morgan fingerprint density at radius 1 is 0.857 bits per heavy atom. The summed E-state index contributed by atoms with van der Waals surface area (Å²) in [5, 5.41) is 3.71. The molecule has 0 radical (unpaired) electrons. The van der Waals surface area contributed by atoms with E-state index in [4.69, 9.17) is 4.84 Å². The van der Waals surface area contributed by atoms with Crippen molar-refractivity contribution in [1.82, 2.24) is 4.90 Å². The summed E-state index contributed by atoms with van der Waals surface area (Å²) in [7, 11) is 0. The summed E-state index contributed by atoms with van der Waals surface area (Å²) in [5.74, 6) is -0.982. The minimum atomic E-state index is -0.788. The van der Waals surface area contributed by atoms with Crippen LogP contribution in [0.4, 0.5) is 5.69 Å². The van der Waals surface area contributed by atoms with Crippen molar-refractivity contribution in [2.45, 2.75) is 18.7 Å². The van der Waals surface area contributed by atoms with Gasteiger partial charge in [-0.25, -0.2) is 5.06 Å². The molecule has 6 heteroatoms. The molecule has 0 bridgehead atoms. The molecule has 3 aromatic rings. The SMILES string of the molecule is O=C1[C@H]2[C@H](ON(c3ccccc3)[C@H]2c2cccs2)C(=O)N1Cc1ccccc1. The van der Waals surface area contributed by atoms with Crippen LogP contribution in [-0.2, 0) is 21.0 Å². The summed E-state index contributed by atoms with van der Waals surface area (Å²) in [6, 6.07) is 22.8. The highest BCUT2D eigenvalue weighted by molar-refractivity contribution is 7.10. The first-order valence-electron chi connectivity index (χ1n) is 9.17. The third-order valence-electron chi connectivity index (χ3n) is 5.24. The van der Waals surface area contributed by atoms with Gasteiger partial charge >= 0.3 is 0 Å². The molecular weight excluding hydrogens is 372 g/mol. The lowest BCUT2D eigenvalue weighted by Gasteiger charge is -2.27. The Hall–Kier alpha value is -2.96. The molecular formula is C22H18N2O3S. The number of rotatable bonds is 4. The Bertz CT molecular complexity index is 991. The normalized spacial score (nSPS) is 24.1. The molecule has 0 unspecified atom stereocenters. The minimum Gasteiger partial charge on any atom is -0.275 e. The van der Waals surface area contributed by atoms with Crippen LogP contribution in [0.2, 0.25) is 0 Å². The van der Waals surface area contributed by atoms with Gasteiger partial charge in [-0.3, -0.25) is 19.3 Å². The van der Waals surface area contributed by atoms with Crippen molar-refractivity contribution in [3.05, 3.63) is 88.6 Å². The number of carbonyl (C=O) groups excluding carboxylic acids is 2. The number of carbonyl (C=O) groups is 2. The molecule has 3 atom stereocenters. The Morgan fingerprint density at radius 3 is 2.25 bits per heavy atom. The van der Waals surface area contributed by atoms with Crippen LogP contribution in [0.3, 0.4) is 0 Å². The van der Waals surface area contributed by atoms with E-state index in [0.717, 1.165) is 16.1 Å². The van der Waals surface area contributed by atoms with Gasteiger partial charge in [0.05, 0.1) is 12.2 Å². The van der Waals surface area contributed by atoms with Crippen LogP contribution in [0.15, 0.2) is 78.2 Å². The first-order chi connectivity index (χ1) is 13.7. The topological polar surface area (TPSA) is 49.9 Å². The van der Waals surface area contributed by atoms with E-state index in [1.54, 1.807) is 16.4 Å². The number of thiophene rings is 1. The zero-order valence-corrected chi connectivity index (χ0v) is 15.8. The van der Waals surface area contributed by atoms with Gasteiger partial charge in [-0.1, -0.05) is 54.6 Å². The van der Waals surface area contributed by atoms with E-state index in [1.165, 1.54) is 4.90 Å². The van der Waals surface area contributed by atoms with Gasteiger partial charge in [0.25, 0.3) is 5.91 Å². The predicted molar refractivity (Wildman–Crippen MR) is 106 cm³/mol. The number of fused-ring (bicyclic) bond motifs is 1. The Balaban J connectivity index is 1.50. The molecule has 2 amide bonds. The molecule has 2 aliphatic heterocycles. The number of benzene rings is 2. The van der Waals surface area contributed by atoms with Crippen LogP contribution in [0, 0.1) is 5.92 Å². The maximum Gasteiger partial charge on any atom is 0.262 e. The number of anilines is 1. The predicted octanol–water partition coefficient (Wildman–Crippen LogP) is 3.79. The molecule has 5 nitrogen and oxygen atoms in total. The fraction of sp³-hybridized carbons (Fsp3) is 0.182. The van der Waals surface area contributed by atoms with Crippen molar-refractivity contribution in [2.24, 2.45) is 5.92 Å². The number of para-hydroxylation sites is 1. The first-order valence-corrected chi connectivity index (χ1v) is 10.1. The van der Waals surface area contributed by atoms with Crippen molar-refractivity contribution in [3.63, 3.8) is 0 Å². The summed E-state index contributed by atoms with van der Waals surface area (Å²) in [6.45, 7) is 0.275. The van der Waals surface area contributed by atoms with Gasteiger partial charge in [0.1, 0.15) is 12.0 Å². The second-order valence-corrected chi connectivity index (χ2v) is 7.90. The van der Waals surface area contributed by atoms with Gasteiger partial charge in [0.15, 0.2) is 6.10 Å². The quantitative estimate of drug-likeness (QED) is 0.636. The molecule has 2 saturated heterocycles. The number of amides is 2. The lowest BCUT2D eigenvalue weighted by molar-refractivity contribution is -0.143. The molecule has 1 aromatic heterocycles. The van der Waals surface area contributed by atoms with E-state index in [0.29, 0.717) is 0 Å². The van der Waals surface area contributed by atoms with Crippen molar-refractivity contribution in [3.8, 4) is 0 Å². The summed E-state index contributed by atoms with van der Waals surface area (Å²) in [6.07, 6.45) is -0.788. The van der Waals surface area contributed by atoms with Crippen molar-refractivity contribution in [1.29, 1.82) is 0 Å². The monoisotopic (exact) mass is 390 g/mol. The highest BCUT2D eigenvalue weighted by Crippen LogP contribution is 2.47. The highest BCUT2D eigenvalue weighted by Gasteiger charge is 2.60. The number of nitrogens with zero attached hydrogens (tertiary/aromatic N) is 2. The van der Waals surface area contributed by atoms with Crippen molar-refractivity contribution >= 4 is 28.8 Å². The number of hydrogen-bond acceptors (Lipinski definition) is 5. The Kier molecular flexibility index (Phi) is 4.22. The van der Waals surface area contributed by atoms with Gasteiger partial charge in [0.2, 0.25) is 5.91 Å². The van der Waals surface area contributed by atoms with E-state index < -0.39 is 12.0 Å². The minimum absolute atomic E-state index is 0.171. The molecule has 3 heterocycles. The second-order valence-electron chi connectivity index (χ2n) is 6.92. The molecule has 140 valence electrons. The smallest absolute Gasteiger partial charge is 0.262 e. The van der Waals surface area contributed by atoms with E-state index >= 15 is 0 Å². The van der Waals surface area contributed by atoms with Crippen LogP contribution in [0.5, 0.6) is 0 Å². The number of imide groups is 1. The Morgan fingerprint density at radius 2 is 1.57 bits per heavy atom. The van der Waals surface area contributed by atoms with Crippen LogP contribution >= 0.6 is 11.3 Å². The molecule has 2 aliphatic rings. The fourth-order valence-electron chi connectivity index (χ4n) is 3.94. The third kappa shape index (κ3) is 2.73. The van der Waals surface area contributed by atoms with Crippen molar-refractivity contribution < 1.29 is 14.4 Å². The van der Waals surface area contributed by atoms with Crippen molar-refractivity contribution in [2.75, 3.05) is 5.06 Å². The molecule has 2 aromatic carbocycles. The largest absolute Gasteiger partial charge is 0.275 e. The fourth-order valence-corrected chi connectivity index (χ4v) is 4.79. The maximum atomic E-state index is 13.3. The average molecular weight is 390 g/mol. The summed E-state index contributed by atoms with van der Waals surface area (Å²) < 4.78 is 0. The van der Waals surface area contributed by atoms with Crippen LogP contribution in [-0.4, -0.2) is 22.8 Å². The molecule has 0 N–H and O–H groups in total. The lowest BCUT2D eigenvalue weighted by atomic mass is 9.95. The van der Waals surface area contributed by atoms with Gasteiger partial charge in [-0.05, 0) is 29.1 Å². The number of likely N-dealkylation sites (tertiary alicyclic amines) is 1. The maximum absolute atomic E-state index is 13.3. The number of hydroxylamine groups is 1. The Labute approximate surface area is 166 Å². The molecule has 0 spiro atoms. The van der Waals surface area contributed by atoms with E-state index in [9.17, 15) is 9.59 Å². The van der Waals surface area contributed by atoms with E-state index in [-0.39, 0.29) is 24.4 Å². The summed E-state index contributed by atoms with van der Waals surface area (Å²) in [5.41, 5.74) is 1.77. The number of hydrogen-bond donors (Lipinski definition) is 0. The van der Waals surface area contributed by atoms with Crippen LogP contribution in [0.1, 0.15) is 16.5 Å². The van der Waals surface area contributed by atoms with Gasteiger partial charge in [-0.15, -0.1) is 11.3 Å². The third-order valence-corrected chi connectivity index (χ3v) is 6.18. The van der Waals surface area contributed by atoms with Gasteiger partial charge < -0.3 is 0 Å². The van der Waals surface area contributed by atoms with Crippen LogP contribution in [0.25, 0.3) is 0 Å². The molecule has 0 saturated carbocycles. The molecule has 5 rings (SSSR count). The van der Waals surface area contributed by atoms with Gasteiger partial charge in [0, 0.05) is 4.88 Å². The molecule has 2 fully saturated rings. The lowest BCUT2D eigenvalue weighted by Crippen LogP contribution is -2.36. The second kappa shape index (κ2) is 6.89. The average Bonchev–Trinajstić information content (AvgIpc) is 3.44. The van der Waals surface area contributed by atoms with Crippen LogP contribution < -0.4 is 5.06 Å². The summed E-state index contributed by atoms with van der Waals surface area (Å²) in [4.78, 5) is 34.8. The first kappa shape index (κ1) is 17.2. The van der Waals surface area contributed by atoms with E-state index in [2.05, 4.69) is 0 Å². The highest BCUT2D eigenvalue weighted by atomic mass is 32.1. The zero-order valence-electron chi connectivity index (χ0n) is 15.0. The molecule has 0 aliphatic carbocycles. The zero-order chi connectivity index (χ0) is 19.1. The summed E-state index contributed by atoms with van der Waals surface area (Å²) >= 11 is 1.57. The van der Waals surface area contributed by atoms with E-state index in [1.807, 2.05) is 78.2 Å². The molecule has 28 heavy (non-hydrogen) atoms.